The fourth-order valence-electron chi connectivity index (χ4n) is 1.42. The average Bonchev–Trinajstić information content (AvgIpc) is 1.74. The van der Waals surface area contributed by atoms with Gasteiger partial charge in [-0.25, -0.2) is 8.42 Å². The highest BCUT2D eigenvalue weighted by atomic mass is 32.2. The first-order valence-electron chi connectivity index (χ1n) is 4.65. The van der Waals surface area contributed by atoms with Crippen LogP contribution in [-0.2, 0) is 14.6 Å². The Morgan fingerprint density at radius 2 is 1.53 bits per heavy atom. The molecule has 0 saturated heterocycles. The van der Waals surface area contributed by atoms with Gasteiger partial charge in [-0.05, 0) is 34.6 Å². The highest BCUT2D eigenvalue weighted by Crippen LogP contribution is 2.13. The van der Waals surface area contributed by atoms with Crippen LogP contribution in [0.25, 0.3) is 0 Å². The quantitative estimate of drug-likeness (QED) is 0.745. The third kappa shape index (κ3) is 4.97. The van der Waals surface area contributed by atoms with Crippen LogP contribution in [0.2, 0.25) is 0 Å². The zero-order chi connectivity index (χ0) is 12.4. The summed E-state index contributed by atoms with van der Waals surface area (Å²) in [4.78, 5) is 11.1. The van der Waals surface area contributed by atoms with E-state index in [1.165, 1.54) is 6.92 Å². The van der Waals surface area contributed by atoms with Crippen molar-refractivity contribution in [3.8, 4) is 0 Å². The number of carbonyl (C=O) groups excluding carboxylic acids is 1. The Morgan fingerprint density at radius 1 is 1.13 bits per heavy atom. The lowest BCUT2D eigenvalue weighted by Gasteiger charge is -2.23. The minimum atomic E-state index is -3.47. The van der Waals surface area contributed by atoms with Crippen LogP contribution in [0.3, 0.4) is 0 Å². The fraction of sp³-hybridized carbons (Fsp3) is 0.700. The molecule has 5 heteroatoms. The first-order valence-corrected chi connectivity index (χ1v) is 6.54. The third-order valence-corrected chi connectivity index (χ3v) is 2.93. The number of allylic oxidation sites excluding steroid dienone is 2. The summed E-state index contributed by atoms with van der Waals surface area (Å²) < 4.78 is 22.8. The van der Waals surface area contributed by atoms with E-state index in [-0.39, 0.29) is 10.4 Å². The van der Waals surface area contributed by atoms with E-state index in [2.05, 4.69) is 5.32 Å². The Hall–Kier alpha value is -0.840. The summed E-state index contributed by atoms with van der Waals surface area (Å²) in [6, 6.07) is 0. The van der Waals surface area contributed by atoms with Gasteiger partial charge >= 0.3 is 0 Å². The largest absolute Gasteiger partial charge is 0.383 e. The normalized spacial score (nSPS) is 14.5. The topological polar surface area (TPSA) is 63.2 Å². The summed E-state index contributed by atoms with van der Waals surface area (Å²) in [6.45, 7) is 8.55. The molecule has 4 nitrogen and oxygen atoms in total. The molecule has 0 rings (SSSR count). The van der Waals surface area contributed by atoms with E-state index in [1.54, 1.807) is 6.92 Å². The van der Waals surface area contributed by atoms with Crippen LogP contribution in [0, 0.1) is 0 Å². The number of ketones is 1. The van der Waals surface area contributed by atoms with Gasteiger partial charge in [0.15, 0.2) is 15.6 Å². The Balaban J connectivity index is 5.42. The van der Waals surface area contributed by atoms with Crippen molar-refractivity contribution in [3.05, 3.63) is 10.6 Å². The lowest BCUT2D eigenvalue weighted by molar-refractivity contribution is -0.113. The van der Waals surface area contributed by atoms with Gasteiger partial charge in [0.2, 0.25) is 0 Å². The van der Waals surface area contributed by atoms with Crippen molar-refractivity contribution >= 4 is 15.6 Å². The lowest BCUT2D eigenvalue weighted by atomic mass is 10.1. The average molecular weight is 233 g/mol. The molecule has 0 aliphatic carbocycles. The Morgan fingerprint density at radius 3 is 1.73 bits per heavy atom. The number of hydrogen-bond acceptors (Lipinski definition) is 4. The van der Waals surface area contributed by atoms with Gasteiger partial charge in [-0.1, -0.05) is 0 Å². The predicted molar refractivity (Wildman–Crippen MR) is 61.1 cm³/mol. The van der Waals surface area contributed by atoms with Gasteiger partial charge in [0.1, 0.15) is 4.91 Å². The second-order valence-electron chi connectivity index (χ2n) is 4.66. The maximum Gasteiger partial charge on any atom is 0.180 e. The summed E-state index contributed by atoms with van der Waals surface area (Å²) in [7, 11) is -3.47. The second kappa shape index (κ2) is 4.35. The van der Waals surface area contributed by atoms with Crippen LogP contribution in [0.4, 0.5) is 0 Å². The Kier molecular flexibility index (Phi) is 4.10. The van der Waals surface area contributed by atoms with Gasteiger partial charge in [0.25, 0.3) is 0 Å². The molecule has 0 aliphatic rings. The first-order chi connectivity index (χ1) is 6.45. The highest BCUT2D eigenvalue weighted by molar-refractivity contribution is 7.95. The minimum Gasteiger partial charge on any atom is -0.383 e. The molecular formula is C10H19NO3S. The summed E-state index contributed by atoms with van der Waals surface area (Å²) in [6.07, 6.45) is 1.04. The zero-order valence-corrected chi connectivity index (χ0v) is 10.9. The Bertz CT molecular complexity index is 385. The molecule has 1 N–H and O–H groups in total. The zero-order valence-electron chi connectivity index (χ0n) is 10.1. The summed E-state index contributed by atoms with van der Waals surface area (Å²) in [5, 5.41) is 2.99. The van der Waals surface area contributed by atoms with E-state index in [9.17, 15) is 13.2 Å². The van der Waals surface area contributed by atoms with Crippen LogP contribution in [-0.4, -0.2) is 26.0 Å². The van der Waals surface area contributed by atoms with Crippen molar-refractivity contribution in [1.82, 2.24) is 5.32 Å². The molecule has 15 heavy (non-hydrogen) atoms. The molecule has 0 amide bonds. The monoisotopic (exact) mass is 233 g/mol. The maximum absolute atomic E-state index is 11.4. The maximum atomic E-state index is 11.4. The molecule has 0 fully saturated rings. The van der Waals surface area contributed by atoms with Crippen molar-refractivity contribution in [3.63, 3.8) is 0 Å². The molecule has 0 aromatic heterocycles. The van der Waals surface area contributed by atoms with E-state index < -0.39 is 15.6 Å². The van der Waals surface area contributed by atoms with Crippen molar-refractivity contribution in [1.29, 1.82) is 0 Å². The van der Waals surface area contributed by atoms with Gasteiger partial charge in [-0.15, -0.1) is 0 Å². The van der Waals surface area contributed by atoms with Crippen LogP contribution in [0.1, 0.15) is 34.6 Å². The first kappa shape index (κ1) is 14.2. The van der Waals surface area contributed by atoms with Crippen molar-refractivity contribution in [2.24, 2.45) is 0 Å². The standard InChI is InChI=1S/C10H19NO3S/c1-7(11-10(3,4)5)9(8(2)12)15(6,13)14/h11H,1-6H3/b9-7+. The van der Waals surface area contributed by atoms with Crippen LogP contribution in [0.5, 0.6) is 0 Å². The van der Waals surface area contributed by atoms with E-state index in [0.717, 1.165) is 6.26 Å². The number of Topliss-reactive ketones (excluding diaryl/α,β-unsaturated/α-hetero) is 1. The molecule has 0 unspecified atom stereocenters. The van der Waals surface area contributed by atoms with E-state index in [1.807, 2.05) is 20.8 Å². The molecule has 0 saturated carbocycles. The molecule has 0 aliphatic heterocycles. The van der Waals surface area contributed by atoms with Crippen molar-refractivity contribution in [2.75, 3.05) is 6.26 Å². The number of carbonyl (C=O) groups is 1. The van der Waals surface area contributed by atoms with Crippen LogP contribution < -0.4 is 5.32 Å². The SMILES string of the molecule is CC(=O)/C(=C(/C)NC(C)(C)C)S(C)(=O)=O. The summed E-state index contributed by atoms with van der Waals surface area (Å²) >= 11 is 0. The molecule has 0 bridgehead atoms. The lowest BCUT2D eigenvalue weighted by Crippen LogP contribution is -2.36. The van der Waals surface area contributed by atoms with Crippen molar-refractivity contribution in [2.45, 2.75) is 40.2 Å². The summed E-state index contributed by atoms with van der Waals surface area (Å²) in [5.41, 5.74) is 0.132. The van der Waals surface area contributed by atoms with E-state index in [0.29, 0.717) is 5.70 Å². The number of rotatable bonds is 3. The van der Waals surface area contributed by atoms with Gasteiger partial charge in [-0.3, -0.25) is 4.79 Å². The fourth-order valence-corrected chi connectivity index (χ4v) is 2.55. The van der Waals surface area contributed by atoms with Crippen LogP contribution >= 0.6 is 0 Å². The van der Waals surface area contributed by atoms with Crippen LogP contribution in [0.15, 0.2) is 10.6 Å². The number of sulfone groups is 1. The predicted octanol–water partition coefficient (Wildman–Crippen LogP) is 1.24. The molecule has 88 valence electrons. The molecule has 0 spiro atoms. The smallest absolute Gasteiger partial charge is 0.180 e. The van der Waals surface area contributed by atoms with Gasteiger partial charge in [0, 0.05) is 17.5 Å². The second-order valence-corrected chi connectivity index (χ2v) is 6.61. The Labute approximate surface area is 91.7 Å². The molecular weight excluding hydrogens is 214 g/mol. The van der Waals surface area contributed by atoms with E-state index in [4.69, 9.17) is 0 Å². The van der Waals surface area contributed by atoms with Gasteiger partial charge in [-0.2, -0.15) is 0 Å². The summed E-state index contributed by atoms with van der Waals surface area (Å²) in [5.74, 6) is -0.438. The number of nitrogens with one attached hydrogen (secondary N) is 1. The number of hydrogen-bond donors (Lipinski definition) is 1. The molecule has 0 radical (unpaired) electrons. The molecule has 0 atom stereocenters. The third-order valence-electron chi connectivity index (χ3n) is 1.59. The molecule has 0 heterocycles. The highest BCUT2D eigenvalue weighted by Gasteiger charge is 2.22. The van der Waals surface area contributed by atoms with Crippen molar-refractivity contribution < 1.29 is 13.2 Å². The minimum absolute atomic E-state index is 0.141. The van der Waals surface area contributed by atoms with Gasteiger partial charge in [0.05, 0.1) is 0 Å². The van der Waals surface area contributed by atoms with Gasteiger partial charge < -0.3 is 5.32 Å². The molecule has 0 aromatic rings. The molecule has 0 aromatic carbocycles. The van der Waals surface area contributed by atoms with E-state index >= 15 is 0 Å².